The number of aromatic nitrogens is 2. The molecule has 1 aliphatic rings. The molecule has 1 fully saturated rings. The molecule has 1 unspecified atom stereocenters. The Balaban J connectivity index is 1.63. The number of carbonyl (C=O) groups is 2. The summed E-state index contributed by atoms with van der Waals surface area (Å²) in [5.41, 5.74) is 2.54. The van der Waals surface area contributed by atoms with E-state index >= 15 is 0 Å². The number of benzene rings is 1. The lowest BCUT2D eigenvalue weighted by atomic mass is 9.99. The molecule has 3 rings (SSSR count). The van der Waals surface area contributed by atoms with Crippen LogP contribution in [0.25, 0.3) is 5.69 Å². The van der Waals surface area contributed by atoms with E-state index in [2.05, 4.69) is 17.3 Å². The number of piperidine rings is 1. The van der Waals surface area contributed by atoms with Crippen molar-refractivity contribution >= 4 is 11.8 Å². The first-order valence-corrected chi connectivity index (χ1v) is 9.65. The topological polar surface area (TPSA) is 67.2 Å². The zero-order valence-corrected chi connectivity index (χ0v) is 16.3. The molecule has 1 aliphatic heterocycles. The van der Waals surface area contributed by atoms with Gasteiger partial charge in [0, 0.05) is 42.9 Å². The van der Waals surface area contributed by atoms with E-state index in [0.717, 1.165) is 30.8 Å². The Bertz CT molecular complexity index is 795. The number of hydrogen-bond donors (Lipinski definition) is 1. The molecule has 1 aromatic carbocycles. The molecule has 0 bridgehead atoms. The minimum absolute atomic E-state index is 0.0256. The first kappa shape index (κ1) is 19.1. The summed E-state index contributed by atoms with van der Waals surface area (Å²) >= 11 is 0. The second-order valence-corrected chi connectivity index (χ2v) is 7.71. The standard InChI is InChI=1S/C21H28N4O2/c1-15(2)20(26)22-11-17-12-23-25(14-17)19-8-6-18(7-9-19)21(27)24-10-4-5-16(3)13-24/h6-9,12,14-16H,4-5,10-11,13H2,1-3H3,(H,22,26). The lowest BCUT2D eigenvalue weighted by Crippen LogP contribution is -2.39. The third kappa shape index (κ3) is 4.76. The summed E-state index contributed by atoms with van der Waals surface area (Å²) in [6.07, 6.45) is 5.91. The van der Waals surface area contributed by atoms with Crippen molar-refractivity contribution in [1.82, 2.24) is 20.0 Å². The van der Waals surface area contributed by atoms with Crippen LogP contribution in [0.3, 0.4) is 0 Å². The Morgan fingerprint density at radius 2 is 2.00 bits per heavy atom. The largest absolute Gasteiger partial charge is 0.352 e. The van der Waals surface area contributed by atoms with Gasteiger partial charge in [0.15, 0.2) is 0 Å². The molecule has 1 aromatic heterocycles. The molecule has 0 saturated carbocycles. The zero-order chi connectivity index (χ0) is 19.4. The molecule has 0 aliphatic carbocycles. The normalized spacial score (nSPS) is 17.2. The molecule has 1 N–H and O–H groups in total. The van der Waals surface area contributed by atoms with E-state index in [1.807, 2.05) is 49.2 Å². The number of nitrogens with one attached hydrogen (secondary N) is 1. The van der Waals surface area contributed by atoms with Crippen LogP contribution in [-0.4, -0.2) is 39.6 Å². The average Bonchev–Trinajstić information content (AvgIpc) is 3.14. The summed E-state index contributed by atoms with van der Waals surface area (Å²) in [7, 11) is 0. The van der Waals surface area contributed by atoms with Crippen LogP contribution >= 0.6 is 0 Å². The van der Waals surface area contributed by atoms with Crippen molar-refractivity contribution in [2.75, 3.05) is 13.1 Å². The first-order chi connectivity index (χ1) is 12.9. The minimum atomic E-state index is -0.0342. The van der Waals surface area contributed by atoms with Crippen molar-refractivity contribution in [3.8, 4) is 5.69 Å². The number of rotatable bonds is 5. The van der Waals surface area contributed by atoms with E-state index in [4.69, 9.17) is 0 Å². The third-order valence-electron chi connectivity index (χ3n) is 4.95. The van der Waals surface area contributed by atoms with Crippen LogP contribution in [0.2, 0.25) is 0 Å². The van der Waals surface area contributed by atoms with Crippen LogP contribution in [0.4, 0.5) is 0 Å². The van der Waals surface area contributed by atoms with Gasteiger partial charge in [-0.1, -0.05) is 20.8 Å². The highest BCUT2D eigenvalue weighted by Crippen LogP contribution is 2.19. The molecule has 2 heterocycles. The zero-order valence-electron chi connectivity index (χ0n) is 16.3. The summed E-state index contributed by atoms with van der Waals surface area (Å²) in [6, 6.07) is 7.53. The van der Waals surface area contributed by atoms with Gasteiger partial charge in [0.1, 0.15) is 0 Å². The first-order valence-electron chi connectivity index (χ1n) is 9.65. The highest BCUT2D eigenvalue weighted by molar-refractivity contribution is 5.94. The van der Waals surface area contributed by atoms with Crippen molar-refractivity contribution in [3.63, 3.8) is 0 Å². The van der Waals surface area contributed by atoms with Gasteiger partial charge in [0.2, 0.25) is 5.91 Å². The van der Waals surface area contributed by atoms with Gasteiger partial charge in [0.25, 0.3) is 5.91 Å². The molecular formula is C21H28N4O2. The molecule has 2 aromatic rings. The van der Waals surface area contributed by atoms with Crippen molar-refractivity contribution in [2.45, 2.75) is 40.2 Å². The van der Waals surface area contributed by atoms with Gasteiger partial charge in [-0.15, -0.1) is 0 Å². The number of nitrogens with zero attached hydrogens (tertiary/aromatic N) is 3. The van der Waals surface area contributed by atoms with Crippen molar-refractivity contribution in [3.05, 3.63) is 47.8 Å². The van der Waals surface area contributed by atoms with Crippen LogP contribution in [0.15, 0.2) is 36.7 Å². The van der Waals surface area contributed by atoms with Crippen molar-refractivity contribution < 1.29 is 9.59 Å². The lowest BCUT2D eigenvalue weighted by molar-refractivity contribution is -0.124. The van der Waals surface area contributed by atoms with Crippen LogP contribution in [-0.2, 0) is 11.3 Å². The van der Waals surface area contributed by atoms with Crippen molar-refractivity contribution in [1.29, 1.82) is 0 Å². The molecule has 0 radical (unpaired) electrons. The fourth-order valence-electron chi connectivity index (χ4n) is 3.30. The number of amides is 2. The Morgan fingerprint density at radius 3 is 2.67 bits per heavy atom. The quantitative estimate of drug-likeness (QED) is 0.882. The third-order valence-corrected chi connectivity index (χ3v) is 4.95. The van der Waals surface area contributed by atoms with Gasteiger partial charge >= 0.3 is 0 Å². The molecule has 144 valence electrons. The molecule has 2 amide bonds. The summed E-state index contributed by atoms with van der Waals surface area (Å²) < 4.78 is 1.76. The van der Waals surface area contributed by atoms with E-state index in [9.17, 15) is 9.59 Å². The maximum atomic E-state index is 12.7. The van der Waals surface area contributed by atoms with E-state index < -0.39 is 0 Å². The minimum Gasteiger partial charge on any atom is -0.352 e. The average molecular weight is 368 g/mol. The molecule has 6 heteroatoms. The van der Waals surface area contributed by atoms with E-state index in [0.29, 0.717) is 18.0 Å². The van der Waals surface area contributed by atoms with Crippen LogP contribution in [0.1, 0.15) is 49.5 Å². The SMILES string of the molecule is CC1CCCN(C(=O)c2ccc(-n3cc(CNC(=O)C(C)C)cn3)cc2)C1. The van der Waals surface area contributed by atoms with Crippen LogP contribution in [0, 0.1) is 11.8 Å². The van der Waals surface area contributed by atoms with Gasteiger partial charge in [-0.3, -0.25) is 9.59 Å². The summed E-state index contributed by atoms with van der Waals surface area (Å²) in [5, 5.41) is 7.24. The maximum Gasteiger partial charge on any atom is 0.253 e. The Labute approximate surface area is 160 Å². The molecule has 1 atom stereocenters. The Hall–Kier alpha value is -2.63. The van der Waals surface area contributed by atoms with E-state index in [1.54, 1.807) is 10.9 Å². The van der Waals surface area contributed by atoms with E-state index in [1.165, 1.54) is 6.42 Å². The second kappa shape index (κ2) is 8.37. The van der Waals surface area contributed by atoms with Gasteiger partial charge in [-0.25, -0.2) is 4.68 Å². The van der Waals surface area contributed by atoms with Crippen molar-refractivity contribution in [2.24, 2.45) is 11.8 Å². The molecule has 0 spiro atoms. The predicted octanol–water partition coefficient (Wildman–Crippen LogP) is 3.02. The molecule has 27 heavy (non-hydrogen) atoms. The monoisotopic (exact) mass is 368 g/mol. The summed E-state index contributed by atoms with van der Waals surface area (Å²) in [5.74, 6) is 0.664. The smallest absolute Gasteiger partial charge is 0.253 e. The van der Waals surface area contributed by atoms with Gasteiger partial charge in [-0.2, -0.15) is 5.10 Å². The fourth-order valence-corrected chi connectivity index (χ4v) is 3.30. The predicted molar refractivity (Wildman–Crippen MR) is 105 cm³/mol. The fraction of sp³-hybridized carbons (Fsp3) is 0.476. The van der Waals surface area contributed by atoms with Gasteiger partial charge in [-0.05, 0) is 43.0 Å². The number of carbonyl (C=O) groups excluding carboxylic acids is 2. The number of likely N-dealkylation sites (tertiary alicyclic amines) is 1. The van der Waals surface area contributed by atoms with Gasteiger partial charge in [0.05, 0.1) is 11.9 Å². The van der Waals surface area contributed by atoms with Crippen LogP contribution in [0.5, 0.6) is 0 Å². The highest BCUT2D eigenvalue weighted by atomic mass is 16.2. The molecule has 6 nitrogen and oxygen atoms in total. The maximum absolute atomic E-state index is 12.7. The summed E-state index contributed by atoms with van der Waals surface area (Å²) in [6.45, 7) is 8.07. The lowest BCUT2D eigenvalue weighted by Gasteiger charge is -2.31. The van der Waals surface area contributed by atoms with E-state index in [-0.39, 0.29) is 17.7 Å². The summed E-state index contributed by atoms with van der Waals surface area (Å²) in [4.78, 5) is 26.3. The Morgan fingerprint density at radius 1 is 1.26 bits per heavy atom. The Kier molecular flexibility index (Phi) is 5.94. The number of hydrogen-bond acceptors (Lipinski definition) is 3. The highest BCUT2D eigenvalue weighted by Gasteiger charge is 2.21. The second-order valence-electron chi connectivity index (χ2n) is 7.71. The molecular weight excluding hydrogens is 340 g/mol. The van der Waals surface area contributed by atoms with Crippen LogP contribution < -0.4 is 5.32 Å². The van der Waals surface area contributed by atoms with Gasteiger partial charge < -0.3 is 10.2 Å². The molecule has 1 saturated heterocycles.